The van der Waals surface area contributed by atoms with Crippen molar-refractivity contribution in [2.24, 2.45) is 0 Å². The standard InChI is InChI=1S/C18H23NO4/c1-11-13-7-4-5-9-19-10-6-8-17(13,19)18(14(11)20)15(22-3)12(2)16(21)23-18/h4-10H2,1-3H3/t17?,18-/m0/s1. The topological polar surface area (TPSA) is 55.8 Å². The molecule has 2 fully saturated rings. The van der Waals surface area contributed by atoms with Crippen molar-refractivity contribution < 1.29 is 19.1 Å². The highest BCUT2D eigenvalue weighted by Gasteiger charge is 2.74. The highest BCUT2D eigenvalue weighted by molar-refractivity contribution is 6.14. The predicted octanol–water partition coefficient (Wildman–Crippen LogP) is 2.12. The van der Waals surface area contributed by atoms with E-state index in [2.05, 4.69) is 4.90 Å². The van der Waals surface area contributed by atoms with Crippen LogP contribution in [0.15, 0.2) is 22.5 Å². The Morgan fingerprint density at radius 2 is 1.83 bits per heavy atom. The largest absolute Gasteiger partial charge is 0.496 e. The van der Waals surface area contributed by atoms with Gasteiger partial charge in [-0.05, 0) is 70.2 Å². The monoisotopic (exact) mass is 317 g/mol. The zero-order chi connectivity index (χ0) is 16.4. The lowest BCUT2D eigenvalue weighted by molar-refractivity contribution is -0.166. The van der Waals surface area contributed by atoms with Gasteiger partial charge >= 0.3 is 5.97 Å². The molecule has 0 aromatic rings. The lowest BCUT2D eigenvalue weighted by Crippen LogP contribution is -2.64. The third kappa shape index (κ3) is 1.47. The smallest absolute Gasteiger partial charge is 0.338 e. The fourth-order valence-corrected chi connectivity index (χ4v) is 5.37. The zero-order valence-electron chi connectivity index (χ0n) is 14.0. The Morgan fingerprint density at radius 3 is 2.57 bits per heavy atom. The van der Waals surface area contributed by atoms with Crippen LogP contribution in [0.4, 0.5) is 0 Å². The van der Waals surface area contributed by atoms with Crippen LogP contribution in [0.5, 0.6) is 0 Å². The summed E-state index contributed by atoms with van der Waals surface area (Å²) in [7, 11) is 1.54. The SMILES string of the molecule is COC1=C(C)C(=O)O[C@@]12C(=O)C(C)=C1CCCCN3CCCC132. The molecule has 23 heavy (non-hydrogen) atoms. The summed E-state index contributed by atoms with van der Waals surface area (Å²) in [6, 6.07) is 0. The molecule has 2 atom stereocenters. The van der Waals surface area contributed by atoms with Crippen LogP contribution in [-0.2, 0) is 19.1 Å². The van der Waals surface area contributed by atoms with E-state index in [-0.39, 0.29) is 5.78 Å². The Bertz CT molecular complexity index is 677. The molecule has 0 aromatic carbocycles. The van der Waals surface area contributed by atoms with Gasteiger partial charge in [-0.15, -0.1) is 0 Å². The van der Waals surface area contributed by atoms with Crippen molar-refractivity contribution in [3.05, 3.63) is 22.5 Å². The molecular formula is C18H23NO4. The summed E-state index contributed by atoms with van der Waals surface area (Å²) in [6.45, 7) is 5.48. The Kier molecular flexibility index (Phi) is 3.05. The number of hydrogen-bond acceptors (Lipinski definition) is 5. The number of methoxy groups -OCH3 is 1. The van der Waals surface area contributed by atoms with Gasteiger partial charge in [-0.25, -0.2) is 4.79 Å². The van der Waals surface area contributed by atoms with Gasteiger partial charge in [0.1, 0.15) is 0 Å². The summed E-state index contributed by atoms with van der Waals surface area (Å²) >= 11 is 0. The molecule has 3 aliphatic heterocycles. The van der Waals surface area contributed by atoms with E-state index in [0.29, 0.717) is 11.3 Å². The van der Waals surface area contributed by atoms with E-state index in [1.54, 1.807) is 6.92 Å². The van der Waals surface area contributed by atoms with E-state index in [4.69, 9.17) is 9.47 Å². The van der Waals surface area contributed by atoms with E-state index in [9.17, 15) is 9.59 Å². The Labute approximate surface area is 136 Å². The van der Waals surface area contributed by atoms with Crippen molar-refractivity contribution in [2.75, 3.05) is 20.2 Å². The molecule has 124 valence electrons. The van der Waals surface area contributed by atoms with Crippen molar-refractivity contribution in [1.82, 2.24) is 4.90 Å². The lowest BCUT2D eigenvalue weighted by atomic mass is 9.73. The molecule has 0 amide bonds. The maximum absolute atomic E-state index is 13.3. The van der Waals surface area contributed by atoms with Gasteiger partial charge in [-0.2, -0.15) is 0 Å². The minimum atomic E-state index is -1.29. The van der Waals surface area contributed by atoms with Crippen molar-refractivity contribution in [1.29, 1.82) is 0 Å². The van der Waals surface area contributed by atoms with Gasteiger partial charge in [0.2, 0.25) is 5.78 Å². The summed E-state index contributed by atoms with van der Waals surface area (Å²) in [5, 5.41) is 0. The fourth-order valence-electron chi connectivity index (χ4n) is 5.37. The van der Waals surface area contributed by atoms with Gasteiger partial charge in [0.25, 0.3) is 5.60 Å². The van der Waals surface area contributed by atoms with Gasteiger partial charge in [0.15, 0.2) is 5.76 Å². The normalized spacial score (nSPS) is 37.3. The van der Waals surface area contributed by atoms with Crippen molar-refractivity contribution in [3.63, 3.8) is 0 Å². The number of Topliss-reactive ketones (excluding diaryl/α,β-unsaturated/α-hetero) is 1. The predicted molar refractivity (Wildman–Crippen MR) is 83.6 cm³/mol. The maximum atomic E-state index is 13.3. The molecule has 0 saturated carbocycles. The average Bonchev–Trinajstić information content (AvgIpc) is 3.06. The zero-order valence-corrected chi connectivity index (χ0v) is 14.0. The first-order valence-corrected chi connectivity index (χ1v) is 8.49. The number of ether oxygens (including phenoxy) is 2. The van der Waals surface area contributed by atoms with Gasteiger partial charge in [-0.1, -0.05) is 0 Å². The fraction of sp³-hybridized carbons (Fsp3) is 0.667. The lowest BCUT2D eigenvalue weighted by Gasteiger charge is -2.46. The van der Waals surface area contributed by atoms with E-state index in [1.807, 2.05) is 6.92 Å². The molecule has 1 aliphatic carbocycles. The van der Waals surface area contributed by atoms with Crippen molar-refractivity contribution in [2.45, 2.75) is 57.1 Å². The van der Waals surface area contributed by atoms with Crippen LogP contribution >= 0.6 is 0 Å². The second-order valence-corrected chi connectivity index (χ2v) is 7.07. The van der Waals surface area contributed by atoms with Crippen LogP contribution in [0.25, 0.3) is 0 Å². The molecule has 1 unspecified atom stereocenters. The minimum Gasteiger partial charge on any atom is -0.496 e. The molecule has 5 nitrogen and oxygen atoms in total. The molecule has 4 aliphatic rings. The van der Waals surface area contributed by atoms with Crippen LogP contribution in [0.3, 0.4) is 0 Å². The van der Waals surface area contributed by atoms with Crippen LogP contribution in [0.1, 0.15) is 46.0 Å². The van der Waals surface area contributed by atoms with Gasteiger partial charge < -0.3 is 9.47 Å². The number of esters is 1. The first kappa shape index (κ1) is 14.9. The van der Waals surface area contributed by atoms with Crippen molar-refractivity contribution >= 4 is 11.8 Å². The molecule has 3 heterocycles. The van der Waals surface area contributed by atoms with Crippen LogP contribution in [-0.4, -0.2) is 48.0 Å². The first-order chi connectivity index (χ1) is 11.0. The van der Waals surface area contributed by atoms with Crippen LogP contribution in [0.2, 0.25) is 0 Å². The number of hydrogen-bond donors (Lipinski definition) is 0. The van der Waals surface area contributed by atoms with E-state index < -0.39 is 17.1 Å². The summed E-state index contributed by atoms with van der Waals surface area (Å²) in [4.78, 5) is 28.1. The summed E-state index contributed by atoms with van der Waals surface area (Å²) in [5.41, 5.74) is 0.567. The quantitative estimate of drug-likeness (QED) is 0.693. The Hall–Kier alpha value is -1.62. The minimum absolute atomic E-state index is 0.0802. The maximum Gasteiger partial charge on any atom is 0.338 e. The highest BCUT2D eigenvalue weighted by atomic mass is 16.6. The second-order valence-electron chi connectivity index (χ2n) is 7.07. The van der Waals surface area contributed by atoms with Gasteiger partial charge in [-0.3, -0.25) is 9.69 Å². The third-order valence-electron chi connectivity index (χ3n) is 6.22. The molecule has 4 rings (SSSR count). The van der Waals surface area contributed by atoms with E-state index in [0.717, 1.165) is 50.8 Å². The van der Waals surface area contributed by atoms with Gasteiger partial charge in [0.05, 0.1) is 18.2 Å². The molecule has 0 radical (unpaired) electrons. The molecule has 0 bridgehead atoms. The molecular weight excluding hydrogens is 294 g/mol. The number of nitrogens with zero attached hydrogens (tertiary/aromatic N) is 1. The molecule has 0 N–H and O–H groups in total. The highest BCUT2D eigenvalue weighted by Crippen LogP contribution is 2.60. The Balaban J connectivity index is 2.02. The number of ketones is 1. The Morgan fingerprint density at radius 1 is 1.09 bits per heavy atom. The van der Waals surface area contributed by atoms with E-state index >= 15 is 0 Å². The summed E-state index contributed by atoms with van der Waals surface area (Å²) in [5.74, 6) is -0.0753. The number of carbonyl (C=O) groups is 2. The molecule has 5 heteroatoms. The second kappa shape index (κ2) is 4.69. The van der Waals surface area contributed by atoms with Gasteiger partial charge in [0, 0.05) is 0 Å². The van der Waals surface area contributed by atoms with E-state index in [1.165, 1.54) is 12.7 Å². The molecule has 2 saturated heterocycles. The van der Waals surface area contributed by atoms with Crippen molar-refractivity contribution in [3.8, 4) is 0 Å². The summed E-state index contributed by atoms with van der Waals surface area (Å²) in [6.07, 6.45) is 4.96. The van der Waals surface area contributed by atoms with Crippen LogP contribution < -0.4 is 0 Å². The molecule has 2 spiro atoms. The van der Waals surface area contributed by atoms with Crippen LogP contribution in [0, 0.1) is 0 Å². The number of carbonyl (C=O) groups excluding carboxylic acids is 2. The number of rotatable bonds is 1. The first-order valence-electron chi connectivity index (χ1n) is 8.49. The summed E-state index contributed by atoms with van der Waals surface area (Å²) < 4.78 is 11.5. The third-order valence-corrected chi connectivity index (χ3v) is 6.22. The molecule has 0 aromatic heterocycles. The average molecular weight is 317 g/mol.